The first-order valence-electron chi connectivity index (χ1n) is 8.07. The lowest BCUT2D eigenvalue weighted by atomic mass is 10.2. The SMILES string of the molecule is O=C(NCc1ccccc1)c1ccnc(NC(=O)c2cc(F)cc(F)c2)c1. The molecule has 1 aromatic heterocycles. The molecule has 0 aliphatic carbocycles. The molecule has 1 heterocycles. The molecule has 0 spiro atoms. The van der Waals surface area contributed by atoms with Crippen molar-refractivity contribution < 1.29 is 18.4 Å². The topological polar surface area (TPSA) is 71.1 Å². The number of nitrogens with one attached hydrogen (secondary N) is 2. The molecule has 5 nitrogen and oxygen atoms in total. The van der Waals surface area contributed by atoms with Crippen molar-refractivity contribution >= 4 is 17.6 Å². The fraction of sp³-hybridized carbons (Fsp3) is 0.0500. The number of carbonyl (C=O) groups is 2. The Labute approximate surface area is 154 Å². The molecule has 0 atom stereocenters. The second kappa shape index (κ2) is 8.18. The van der Waals surface area contributed by atoms with Gasteiger partial charge in [0.1, 0.15) is 17.5 Å². The zero-order valence-corrected chi connectivity index (χ0v) is 14.1. The highest BCUT2D eigenvalue weighted by Gasteiger charge is 2.12. The standard InChI is InChI=1S/C20H15F2N3O2/c21-16-8-15(9-17(22)11-16)20(27)25-18-10-14(6-7-23-18)19(26)24-12-13-4-2-1-3-5-13/h1-11H,12H2,(H,24,26)(H,23,25,27). The Balaban J connectivity index is 1.67. The summed E-state index contributed by atoms with van der Waals surface area (Å²) in [4.78, 5) is 28.3. The molecule has 2 amide bonds. The van der Waals surface area contributed by atoms with E-state index in [4.69, 9.17) is 0 Å². The lowest BCUT2D eigenvalue weighted by Crippen LogP contribution is -2.23. The van der Waals surface area contributed by atoms with Crippen LogP contribution in [0.3, 0.4) is 0 Å². The molecule has 2 N–H and O–H groups in total. The summed E-state index contributed by atoms with van der Waals surface area (Å²) >= 11 is 0. The predicted molar refractivity (Wildman–Crippen MR) is 96.2 cm³/mol. The molecule has 0 bridgehead atoms. The number of pyridine rings is 1. The minimum Gasteiger partial charge on any atom is -0.348 e. The fourth-order valence-electron chi connectivity index (χ4n) is 2.39. The van der Waals surface area contributed by atoms with Gasteiger partial charge in [-0.15, -0.1) is 0 Å². The number of hydrogen-bond acceptors (Lipinski definition) is 3. The average molecular weight is 367 g/mol. The molecule has 0 radical (unpaired) electrons. The van der Waals surface area contributed by atoms with E-state index in [2.05, 4.69) is 15.6 Å². The Kier molecular flexibility index (Phi) is 5.51. The molecule has 0 aliphatic rings. The summed E-state index contributed by atoms with van der Waals surface area (Å²) in [5.74, 6) is -2.70. The summed E-state index contributed by atoms with van der Waals surface area (Å²) < 4.78 is 26.5. The van der Waals surface area contributed by atoms with Crippen molar-refractivity contribution in [3.63, 3.8) is 0 Å². The number of aromatic nitrogens is 1. The quantitative estimate of drug-likeness (QED) is 0.725. The summed E-state index contributed by atoms with van der Waals surface area (Å²) in [5.41, 5.74) is 1.05. The molecule has 27 heavy (non-hydrogen) atoms. The first-order chi connectivity index (χ1) is 13.0. The van der Waals surface area contributed by atoms with Crippen molar-refractivity contribution in [3.8, 4) is 0 Å². The lowest BCUT2D eigenvalue weighted by Gasteiger charge is -2.08. The summed E-state index contributed by atoms with van der Waals surface area (Å²) in [7, 11) is 0. The number of hydrogen-bond donors (Lipinski definition) is 2. The van der Waals surface area contributed by atoms with Gasteiger partial charge in [-0.25, -0.2) is 13.8 Å². The molecule has 0 unspecified atom stereocenters. The summed E-state index contributed by atoms with van der Waals surface area (Å²) in [6.45, 7) is 0.353. The number of amides is 2. The number of carbonyl (C=O) groups excluding carboxylic acids is 2. The number of benzene rings is 2. The van der Waals surface area contributed by atoms with E-state index >= 15 is 0 Å². The fourth-order valence-corrected chi connectivity index (χ4v) is 2.39. The van der Waals surface area contributed by atoms with Gasteiger partial charge < -0.3 is 10.6 Å². The predicted octanol–water partition coefficient (Wildman–Crippen LogP) is 3.54. The van der Waals surface area contributed by atoms with E-state index in [1.165, 1.54) is 18.3 Å². The maximum Gasteiger partial charge on any atom is 0.257 e. The molecule has 7 heteroatoms. The van der Waals surface area contributed by atoms with Gasteiger partial charge in [0.2, 0.25) is 0 Å². The molecule has 0 saturated carbocycles. The monoisotopic (exact) mass is 367 g/mol. The van der Waals surface area contributed by atoms with Crippen molar-refractivity contribution in [2.75, 3.05) is 5.32 Å². The van der Waals surface area contributed by atoms with Gasteiger partial charge in [0.15, 0.2) is 0 Å². The highest BCUT2D eigenvalue weighted by Crippen LogP contribution is 2.12. The molecule has 0 fully saturated rings. The smallest absolute Gasteiger partial charge is 0.257 e. The molecule has 2 aromatic carbocycles. The largest absolute Gasteiger partial charge is 0.348 e. The first kappa shape index (κ1) is 18.2. The molecule has 0 saturated heterocycles. The van der Waals surface area contributed by atoms with Crippen LogP contribution in [0.2, 0.25) is 0 Å². The normalized spacial score (nSPS) is 10.3. The van der Waals surface area contributed by atoms with E-state index in [9.17, 15) is 18.4 Å². The van der Waals surface area contributed by atoms with E-state index in [-0.39, 0.29) is 17.3 Å². The number of halogens is 2. The molecular formula is C20H15F2N3O2. The van der Waals surface area contributed by atoms with Gasteiger partial charge in [-0.1, -0.05) is 30.3 Å². The van der Waals surface area contributed by atoms with Crippen molar-refractivity contribution in [3.05, 3.63) is 95.2 Å². The maximum absolute atomic E-state index is 13.2. The van der Waals surface area contributed by atoms with Gasteiger partial charge in [-0.2, -0.15) is 0 Å². The van der Waals surface area contributed by atoms with Crippen LogP contribution in [0.15, 0.2) is 66.9 Å². The zero-order valence-electron chi connectivity index (χ0n) is 14.1. The third-order valence-electron chi connectivity index (χ3n) is 3.68. The van der Waals surface area contributed by atoms with Crippen molar-refractivity contribution in [1.29, 1.82) is 0 Å². The third-order valence-corrected chi connectivity index (χ3v) is 3.68. The van der Waals surface area contributed by atoms with Crippen LogP contribution >= 0.6 is 0 Å². The first-order valence-corrected chi connectivity index (χ1v) is 8.07. The molecule has 3 aromatic rings. The zero-order chi connectivity index (χ0) is 19.2. The third kappa shape index (κ3) is 4.94. The van der Waals surface area contributed by atoms with E-state index in [0.717, 1.165) is 17.7 Å². The number of rotatable bonds is 5. The Morgan fingerprint density at radius 3 is 2.26 bits per heavy atom. The van der Waals surface area contributed by atoms with Crippen LogP contribution < -0.4 is 10.6 Å². The maximum atomic E-state index is 13.2. The molecule has 136 valence electrons. The van der Waals surface area contributed by atoms with Gasteiger partial charge >= 0.3 is 0 Å². The minimum absolute atomic E-state index is 0.0945. The van der Waals surface area contributed by atoms with Crippen molar-refractivity contribution in [2.45, 2.75) is 6.54 Å². The van der Waals surface area contributed by atoms with Gasteiger partial charge in [0, 0.05) is 29.9 Å². The molecule has 0 aliphatic heterocycles. The molecule has 3 rings (SSSR count). The average Bonchev–Trinajstić information content (AvgIpc) is 2.66. The van der Waals surface area contributed by atoms with Gasteiger partial charge in [-0.05, 0) is 29.8 Å². The minimum atomic E-state index is -0.859. The highest BCUT2D eigenvalue weighted by atomic mass is 19.1. The van der Waals surface area contributed by atoms with Crippen LogP contribution in [0.25, 0.3) is 0 Å². The Morgan fingerprint density at radius 1 is 0.852 bits per heavy atom. The van der Waals surface area contributed by atoms with E-state index in [1.54, 1.807) is 0 Å². The lowest BCUT2D eigenvalue weighted by molar-refractivity contribution is 0.0949. The van der Waals surface area contributed by atoms with Crippen LogP contribution in [0.1, 0.15) is 26.3 Å². The van der Waals surface area contributed by atoms with Crippen LogP contribution in [0.4, 0.5) is 14.6 Å². The summed E-state index contributed by atoms with van der Waals surface area (Å²) in [6.07, 6.45) is 1.36. The van der Waals surface area contributed by atoms with Gasteiger partial charge in [0.25, 0.3) is 11.8 Å². The number of nitrogens with zero attached hydrogens (tertiary/aromatic N) is 1. The van der Waals surface area contributed by atoms with Crippen molar-refractivity contribution in [2.24, 2.45) is 0 Å². The summed E-state index contributed by atoms with van der Waals surface area (Å²) in [6, 6.07) is 14.8. The van der Waals surface area contributed by atoms with Crippen LogP contribution in [-0.2, 0) is 6.54 Å². The van der Waals surface area contributed by atoms with E-state index in [1.807, 2.05) is 30.3 Å². The van der Waals surface area contributed by atoms with E-state index in [0.29, 0.717) is 18.2 Å². The van der Waals surface area contributed by atoms with Crippen LogP contribution in [-0.4, -0.2) is 16.8 Å². The Bertz CT molecular complexity index is 958. The highest BCUT2D eigenvalue weighted by molar-refractivity contribution is 6.04. The Hall–Kier alpha value is -3.61. The van der Waals surface area contributed by atoms with Crippen molar-refractivity contribution in [1.82, 2.24) is 10.3 Å². The van der Waals surface area contributed by atoms with Gasteiger partial charge in [-0.3, -0.25) is 9.59 Å². The Morgan fingerprint density at radius 2 is 1.56 bits per heavy atom. The van der Waals surface area contributed by atoms with Crippen LogP contribution in [0.5, 0.6) is 0 Å². The van der Waals surface area contributed by atoms with E-state index < -0.39 is 17.5 Å². The second-order valence-corrected chi connectivity index (χ2v) is 5.71. The summed E-state index contributed by atoms with van der Waals surface area (Å²) in [5, 5.41) is 5.18. The molecular weight excluding hydrogens is 352 g/mol. The number of anilines is 1. The van der Waals surface area contributed by atoms with Crippen LogP contribution in [0, 0.1) is 11.6 Å². The van der Waals surface area contributed by atoms with Gasteiger partial charge in [0.05, 0.1) is 0 Å². The second-order valence-electron chi connectivity index (χ2n) is 5.71.